The highest BCUT2D eigenvalue weighted by atomic mass is 16.3. The summed E-state index contributed by atoms with van der Waals surface area (Å²) in [6.07, 6.45) is 2.42. The highest BCUT2D eigenvalue weighted by molar-refractivity contribution is 5.96. The van der Waals surface area contributed by atoms with Crippen molar-refractivity contribution < 1.29 is 9.90 Å². The Labute approximate surface area is 133 Å². The molecule has 0 radical (unpaired) electrons. The lowest BCUT2D eigenvalue weighted by Crippen LogP contribution is -2.28. The van der Waals surface area contributed by atoms with E-state index in [-0.39, 0.29) is 12.5 Å². The third-order valence-electron chi connectivity index (χ3n) is 3.73. The quantitative estimate of drug-likeness (QED) is 0.769. The molecule has 0 aliphatic rings. The molecule has 2 heterocycles. The predicted molar refractivity (Wildman–Crippen MR) is 87.0 cm³/mol. The minimum atomic E-state index is -0.744. The number of hydrogen-bond donors (Lipinski definition) is 2. The molecular weight excluding hydrogens is 292 g/mol. The third-order valence-corrected chi connectivity index (χ3v) is 3.73. The highest BCUT2D eigenvalue weighted by Gasteiger charge is 2.12. The SMILES string of the molecule is Cc1ccc(C(O)CNC(=O)c2cnc3c(c2)ncn3C)cc1. The molecule has 0 saturated carbocycles. The molecule has 0 aliphatic carbocycles. The summed E-state index contributed by atoms with van der Waals surface area (Å²) in [5.74, 6) is -0.281. The maximum Gasteiger partial charge on any atom is 0.253 e. The number of imidazole rings is 1. The van der Waals surface area contributed by atoms with Crippen molar-refractivity contribution in [3.8, 4) is 0 Å². The molecule has 0 fully saturated rings. The zero-order chi connectivity index (χ0) is 16.4. The van der Waals surface area contributed by atoms with E-state index in [1.807, 2.05) is 38.2 Å². The summed E-state index contributed by atoms with van der Waals surface area (Å²) in [6.45, 7) is 2.13. The summed E-state index contributed by atoms with van der Waals surface area (Å²) in [7, 11) is 1.85. The summed E-state index contributed by atoms with van der Waals surface area (Å²) in [4.78, 5) is 20.6. The first-order valence-electron chi connectivity index (χ1n) is 7.34. The van der Waals surface area contributed by atoms with Crippen molar-refractivity contribution in [3.05, 3.63) is 59.5 Å². The summed E-state index contributed by atoms with van der Waals surface area (Å²) in [6, 6.07) is 9.26. The van der Waals surface area contributed by atoms with Crippen LogP contribution in [0.3, 0.4) is 0 Å². The van der Waals surface area contributed by atoms with Crippen molar-refractivity contribution in [1.29, 1.82) is 0 Å². The maximum atomic E-state index is 12.2. The Morgan fingerprint density at radius 3 is 2.78 bits per heavy atom. The lowest BCUT2D eigenvalue weighted by molar-refractivity contribution is 0.0916. The molecule has 6 nitrogen and oxygen atoms in total. The first kappa shape index (κ1) is 15.2. The van der Waals surface area contributed by atoms with Crippen LogP contribution in [0.15, 0.2) is 42.9 Å². The van der Waals surface area contributed by atoms with Gasteiger partial charge in [-0.25, -0.2) is 9.97 Å². The number of pyridine rings is 1. The molecule has 23 heavy (non-hydrogen) atoms. The topological polar surface area (TPSA) is 80.0 Å². The Kier molecular flexibility index (Phi) is 4.08. The van der Waals surface area contributed by atoms with Crippen LogP contribution in [0.25, 0.3) is 11.2 Å². The van der Waals surface area contributed by atoms with Crippen LogP contribution < -0.4 is 5.32 Å². The fourth-order valence-corrected chi connectivity index (χ4v) is 2.34. The summed E-state index contributed by atoms with van der Waals surface area (Å²) in [5.41, 5.74) is 3.71. The Bertz CT molecular complexity index is 839. The van der Waals surface area contributed by atoms with E-state index in [4.69, 9.17) is 0 Å². The second kappa shape index (κ2) is 6.18. The van der Waals surface area contributed by atoms with Crippen LogP contribution >= 0.6 is 0 Å². The van der Waals surface area contributed by atoms with E-state index in [0.29, 0.717) is 11.1 Å². The molecule has 1 unspecified atom stereocenters. The van der Waals surface area contributed by atoms with Gasteiger partial charge in [0.1, 0.15) is 5.52 Å². The molecule has 0 aliphatic heterocycles. The predicted octanol–water partition coefficient (Wildman–Crippen LogP) is 1.74. The minimum absolute atomic E-state index is 0.141. The molecule has 3 aromatic rings. The number of aliphatic hydroxyl groups is 1. The van der Waals surface area contributed by atoms with E-state index < -0.39 is 6.10 Å². The van der Waals surface area contributed by atoms with Crippen molar-refractivity contribution in [2.24, 2.45) is 7.05 Å². The van der Waals surface area contributed by atoms with Gasteiger partial charge in [-0.05, 0) is 18.6 Å². The second-order valence-corrected chi connectivity index (χ2v) is 5.56. The number of benzene rings is 1. The van der Waals surface area contributed by atoms with Gasteiger partial charge in [0.2, 0.25) is 0 Å². The van der Waals surface area contributed by atoms with Gasteiger partial charge < -0.3 is 15.0 Å². The lowest BCUT2D eigenvalue weighted by atomic mass is 10.1. The zero-order valence-electron chi connectivity index (χ0n) is 13.0. The van der Waals surface area contributed by atoms with E-state index in [1.54, 1.807) is 17.0 Å². The molecule has 6 heteroatoms. The first-order valence-corrected chi connectivity index (χ1v) is 7.34. The number of carbonyl (C=O) groups is 1. The van der Waals surface area contributed by atoms with Gasteiger partial charge in [0, 0.05) is 19.8 Å². The zero-order valence-corrected chi connectivity index (χ0v) is 13.0. The molecular formula is C17H18N4O2. The van der Waals surface area contributed by atoms with Gasteiger partial charge in [-0.3, -0.25) is 4.79 Å². The van der Waals surface area contributed by atoms with Crippen LogP contribution in [0, 0.1) is 6.92 Å². The number of amides is 1. The number of hydrogen-bond acceptors (Lipinski definition) is 4. The van der Waals surface area contributed by atoms with Gasteiger partial charge >= 0.3 is 0 Å². The summed E-state index contributed by atoms with van der Waals surface area (Å²) < 4.78 is 1.79. The number of nitrogens with one attached hydrogen (secondary N) is 1. The molecule has 118 valence electrons. The molecule has 1 atom stereocenters. The average Bonchev–Trinajstić information content (AvgIpc) is 2.93. The highest BCUT2D eigenvalue weighted by Crippen LogP contribution is 2.14. The van der Waals surface area contributed by atoms with Crippen molar-refractivity contribution in [1.82, 2.24) is 19.9 Å². The first-order chi connectivity index (χ1) is 11.0. The molecule has 2 N–H and O–H groups in total. The third kappa shape index (κ3) is 3.22. The molecule has 0 spiro atoms. The Morgan fingerprint density at radius 2 is 2.04 bits per heavy atom. The average molecular weight is 310 g/mol. The van der Waals surface area contributed by atoms with Crippen LogP contribution in [0.1, 0.15) is 27.6 Å². The maximum absolute atomic E-state index is 12.2. The smallest absolute Gasteiger partial charge is 0.253 e. The molecule has 0 saturated heterocycles. The molecule has 0 bridgehead atoms. The van der Waals surface area contributed by atoms with E-state index in [2.05, 4.69) is 15.3 Å². The Hall–Kier alpha value is -2.73. The molecule has 1 aromatic carbocycles. The van der Waals surface area contributed by atoms with Gasteiger partial charge in [-0.1, -0.05) is 29.8 Å². The van der Waals surface area contributed by atoms with E-state index in [9.17, 15) is 9.90 Å². The van der Waals surface area contributed by atoms with Crippen LogP contribution in [0.2, 0.25) is 0 Å². The number of aliphatic hydroxyl groups excluding tert-OH is 1. The standard InChI is InChI=1S/C17H18N4O2/c1-11-3-5-12(6-4-11)15(22)9-19-17(23)13-7-14-16(18-8-13)21(2)10-20-14/h3-8,10,15,22H,9H2,1-2H3,(H,19,23). The van der Waals surface area contributed by atoms with Crippen molar-refractivity contribution >= 4 is 17.1 Å². The van der Waals surface area contributed by atoms with E-state index >= 15 is 0 Å². The van der Waals surface area contributed by atoms with Crippen LogP contribution in [-0.2, 0) is 7.05 Å². The Morgan fingerprint density at radius 1 is 1.30 bits per heavy atom. The largest absolute Gasteiger partial charge is 0.387 e. The number of fused-ring (bicyclic) bond motifs is 1. The summed E-state index contributed by atoms with van der Waals surface area (Å²) >= 11 is 0. The van der Waals surface area contributed by atoms with E-state index in [1.165, 1.54) is 6.20 Å². The Balaban J connectivity index is 1.67. The van der Waals surface area contributed by atoms with Crippen LogP contribution in [0.5, 0.6) is 0 Å². The fourth-order valence-electron chi connectivity index (χ4n) is 2.34. The number of nitrogens with zero attached hydrogens (tertiary/aromatic N) is 3. The molecule has 1 amide bonds. The van der Waals surface area contributed by atoms with Gasteiger partial charge in [0.25, 0.3) is 5.91 Å². The normalized spacial score (nSPS) is 12.3. The molecule has 3 rings (SSSR count). The van der Waals surface area contributed by atoms with Crippen LogP contribution in [-0.4, -0.2) is 32.1 Å². The van der Waals surface area contributed by atoms with Gasteiger partial charge in [-0.2, -0.15) is 0 Å². The second-order valence-electron chi connectivity index (χ2n) is 5.56. The van der Waals surface area contributed by atoms with Crippen molar-refractivity contribution in [3.63, 3.8) is 0 Å². The number of aryl methyl sites for hydroxylation is 2. The van der Waals surface area contributed by atoms with Crippen molar-refractivity contribution in [2.75, 3.05) is 6.54 Å². The minimum Gasteiger partial charge on any atom is -0.387 e. The molecule has 2 aromatic heterocycles. The number of rotatable bonds is 4. The number of carbonyl (C=O) groups excluding carboxylic acids is 1. The van der Waals surface area contributed by atoms with Gasteiger partial charge in [0.05, 0.1) is 18.0 Å². The monoisotopic (exact) mass is 310 g/mol. The van der Waals surface area contributed by atoms with Gasteiger partial charge in [0.15, 0.2) is 5.65 Å². The van der Waals surface area contributed by atoms with E-state index in [0.717, 1.165) is 16.8 Å². The van der Waals surface area contributed by atoms with Crippen molar-refractivity contribution in [2.45, 2.75) is 13.0 Å². The van der Waals surface area contributed by atoms with Crippen LogP contribution in [0.4, 0.5) is 0 Å². The van der Waals surface area contributed by atoms with Gasteiger partial charge in [-0.15, -0.1) is 0 Å². The summed E-state index contributed by atoms with van der Waals surface area (Å²) in [5, 5.41) is 12.9. The fraction of sp³-hybridized carbons (Fsp3) is 0.235. The lowest BCUT2D eigenvalue weighted by Gasteiger charge is -2.12. The number of aromatic nitrogens is 3.